The Morgan fingerprint density at radius 3 is 2.26 bits per heavy atom. The number of nitrogens with zero attached hydrogens (tertiary/aromatic N) is 1. The quantitative estimate of drug-likeness (QED) is 0.551. The van der Waals surface area contributed by atoms with E-state index in [9.17, 15) is 4.79 Å². The molecule has 2 aromatic rings. The van der Waals surface area contributed by atoms with Crippen molar-refractivity contribution >= 4 is 17.8 Å². The van der Waals surface area contributed by atoms with E-state index < -0.39 is 0 Å². The minimum Gasteiger partial charge on any atom is -0.493 e. The summed E-state index contributed by atoms with van der Waals surface area (Å²) in [5.41, 5.74) is 6.38. The van der Waals surface area contributed by atoms with Gasteiger partial charge in [-0.05, 0) is 37.6 Å². The van der Waals surface area contributed by atoms with Gasteiger partial charge in [0.15, 0.2) is 11.5 Å². The second-order valence-corrected chi connectivity index (χ2v) is 5.92. The highest BCUT2D eigenvalue weighted by molar-refractivity contribution is 5.85. The van der Waals surface area contributed by atoms with Crippen LogP contribution in [0.3, 0.4) is 0 Å². The molecule has 0 aliphatic carbocycles. The number of hydrazone groups is 1. The van der Waals surface area contributed by atoms with Crippen molar-refractivity contribution < 1.29 is 19.0 Å². The molecule has 0 spiro atoms. The van der Waals surface area contributed by atoms with Crippen LogP contribution in [0.15, 0.2) is 35.4 Å². The number of aryl methyl sites for hydroxylation is 2. The molecule has 0 aliphatic rings. The number of anilines is 1. The summed E-state index contributed by atoms with van der Waals surface area (Å²) in [6.45, 7) is 4.15. The molecule has 0 bridgehead atoms. The van der Waals surface area contributed by atoms with E-state index in [0.717, 1.165) is 11.3 Å². The Morgan fingerprint density at radius 2 is 1.70 bits per heavy atom. The molecule has 7 nitrogen and oxygen atoms in total. The molecule has 0 fully saturated rings. The number of methoxy groups -OCH3 is 3. The van der Waals surface area contributed by atoms with Gasteiger partial charge < -0.3 is 19.5 Å². The molecular formula is C20H25N3O4. The minimum atomic E-state index is -0.251. The lowest BCUT2D eigenvalue weighted by Crippen LogP contribution is -2.26. The van der Waals surface area contributed by atoms with E-state index in [-0.39, 0.29) is 12.5 Å². The van der Waals surface area contributed by atoms with Crippen molar-refractivity contribution in [3.8, 4) is 17.2 Å². The number of carbonyl (C=O) groups is 1. The molecule has 0 heterocycles. The molecule has 0 atom stereocenters. The minimum absolute atomic E-state index is 0.122. The first kappa shape index (κ1) is 20.1. The Hall–Kier alpha value is -3.22. The molecule has 2 aromatic carbocycles. The van der Waals surface area contributed by atoms with Crippen molar-refractivity contribution in [1.29, 1.82) is 0 Å². The van der Waals surface area contributed by atoms with Crippen LogP contribution in [0.2, 0.25) is 0 Å². The molecule has 0 radical (unpaired) electrons. The number of amides is 1. The zero-order valence-corrected chi connectivity index (χ0v) is 16.3. The molecular weight excluding hydrogens is 346 g/mol. The second-order valence-electron chi connectivity index (χ2n) is 5.92. The second kappa shape index (κ2) is 9.47. The van der Waals surface area contributed by atoms with Gasteiger partial charge in [-0.15, -0.1) is 0 Å². The number of hydrogen-bond donors (Lipinski definition) is 2. The standard InChI is InChI=1S/C20H25N3O4/c1-13-6-7-16(14(2)8-13)21-12-19(24)23-22-11-15-9-17(25-3)20(27-5)18(10-15)26-4/h6-11,21H,12H2,1-5H3,(H,23,24). The number of hydrogen-bond acceptors (Lipinski definition) is 6. The molecule has 0 saturated heterocycles. The van der Waals surface area contributed by atoms with E-state index in [1.807, 2.05) is 26.0 Å². The Kier molecular flexibility index (Phi) is 7.05. The highest BCUT2D eigenvalue weighted by atomic mass is 16.5. The maximum absolute atomic E-state index is 12.0. The summed E-state index contributed by atoms with van der Waals surface area (Å²) < 4.78 is 15.9. The number of nitrogens with one attached hydrogen (secondary N) is 2. The van der Waals surface area contributed by atoms with Gasteiger partial charge in [0.2, 0.25) is 5.75 Å². The first-order chi connectivity index (χ1) is 13.0. The fourth-order valence-corrected chi connectivity index (χ4v) is 2.58. The monoisotopic (exact) mass is 371 g/mol. The average Bonchev–Trinajstić information content (AvgIpc) is 2.66. The van der Waals surface area contributed by atoms with E-state index in [1.165, 1.54) is 18.9 Å². The van der Waals surface area contributed by atoms with Crippen molar-refractivity contribution in [1.82, 2.24) is 5.43 Å². The molecule has 0 aromatic heterocycles. The van der Waals surface area contributed by atoms with Gasteiger partial charge in [-0.3, -0.25) is 4.79 Å². The van der Waals surface area contributed by atoms with Crippen molar-refractivity contribution in [2.45, 2.75) is 13.8 Å². The summed E-state index contributed by atoms with van der Waals surface area (Å²) in [5.74, 6) is 1.28. The van der Waals surface area contributed by atoms with Crippen molar-refractivity contribution in [3.63, 3.8) is 0 Å². The van der Waals surface area contributed by atoms with Gasteiger partial charge >= 0.3 is 0 Å². The molecule has 0 saturated carbocycles. The summed E-state index contributed by atoms with van der Waals surface area (Å²) in [6, 6.07) is 9.49. The summed E-state index contributed by atoms with van der Waals surface area (Å²) in [4.78, 5) is 12.0. The van der Waals surface area contributed by atoms with Crippen LogP contribution in [-0.4, -0.2) is 40.0 Å². The van der Waals surface area contributed by atoms with E-state index in [4.69, 9.17) is 14.2 Å². The van der Waals surface area contributed by atoms with E-state index >= 15 is 0 Å². The highest BCUT2D eigenvalue weighted by Crippen LogP contribution is 2.37. The first-order valence-corrected chi connectivity index (χ1v) is 8.41. The molecule has 27 heavy (non-hydrogen) atoms. The molecule has 7 heteroatoms. The van der Waals surface area contributed by atoms with Gasteiger partial charge in [-0.2, -0.15) is 5.10 Å². The number of rotatable bonds is 8. The van der Waals surface area contributed by atoms with Gasteiger partial charge in [-0.25, -0.2) is 5.43 Å². The van der Waals surface area contributed by atoms with Crippen LogP contribution in [-0.2, 0) is 4.79 Å². The Bertz CT molecular complexity index is 809. The van der Waals surface area contributed by atoms with Crippen LogP contribution in [0.5, 0.6) is 17.2 Å². The summed E-state index contributed by atoms with van der Waals surface area (Å²) in [5, 5.41) is 7.08. The van der Waals surface area contributed by atoms with E-state index in [2.05, 4.69) is 21.9 Å². The Morgan fingerprint density at radius 1 is 1.04 bits per heavy atom. The van der Waals surface area contributed by atoms with Crippen LogP contribution >= 0.6 is 0 Å². The number of carbonyl (C=O) groups excluding carboxylic acids is 1. The molecule has 2 N–H and O–H groups in total. The third-order valence-corrected chi connectivity index (χ3v) is 3.91. The van der Waals surface area contributed by atoms with E-state index in [0.29, 0.717) is 22.8 Å². The maximum atomic E-state index is 12.0. The average molecular weight is 371 g/mol. The van der Waals surface area contributed by atoms with Gasteiger partial charge in [0.25, 0.3) is 5.91 Å². The van der Waals surface area contributed by atoms with Crippen molar-refractivity contribution in [2.24, 2.45) is 5.10 Å². The predicted molar refractivity (Wildman–Crippen MR) is 106 cm³/mol. The van der Waals surface area contributed by atoms with Crippen LogP contribution in [0.4, 0.5) is 5.69 Å². The van der Waals surface area contributed by atoms with Crippen LogP contribution in [0.25, 0.3) is 0 Å². The van der Waals surface area contributed by atoms with E-state index in [1.54, 1.807) is 26.4 Å². The molecule has 144 valence electrons. The molecule has 0 aliphatic heterocycles. The molecule has 2 rings (SSSR count). The summed E-state index contributed by atoms with van der Waals surface area (Å²) >= 11 is 0. The largest absolute Gasteiger partial charge is 0.493 e. The lowest BCUT2D eigenvalue weighted by molar-refractivity contribution is -0.119. The smallest absolute Gasteiger partial charge is 0.259 e. The van der Waals surface area contributed by atoms with Gasteiger partial charge in [0.1, 0.15) is 0 Å². The fourth-order valence-electron chi connectivity index (χ4n) is 2.58. The molecule has 1 amide bonds. The maximum Gasteiger partial charge on any atom is 0.259 e. The zero-order valence-electron chi connectivity index (χ0n) is 16.3. The summed E-state index contributed by atoms with van der Waals surface area (Å²) in [6.07, 6.45) is 1.51. The lowest BCUT2D eigenvalue weighted by atomic mass is 10.1. The normalized spacial score (nSPS) is 10.6. The predicted octanol–water partition coefficient (Wildman–Crippen LogP) is 2.89. The molecule has 0 unspecified atom stereocenters. The number of benzene rings is 2. The third kappa shape index (κ3) is 5.37. The topological polar surface area (TPSA) is 81.2 Å². The van der Waals surface area contributed by atoms with Crippen LogP contribution in [0, 0.1) is 13.8 Å². The SMILES string of the molecule is COc1cc(C=NNC(=O)CNc2ccc(C)cc2C)cc(OC)c1OC. The van der Waals surface area contributed by atoms with Crippen molar-refractivity contribution in [3.05, 3.63) is 47.0 Å². The van der Waals surface area contributed by atoms with Gasteiger partial charge in [0.05, 0.1) is 34.1 Å². The Labute approximate surface area is 159 Å². The van der Waals surface area contributed by atoms with Crippen LogP contribution in [0.1, 0.15) is 16.7 Å². The third-order valence-electron chi connectivity index (χ3n) is 3.91. The van der Waals surface area contributed by atoms with Crippen LogP contribution < -0.4 is 25.0 Å². The fraction of sp³-hybridized carbons (Fsp3) is 0.300. The highest BCUT2D eigenvalue weighted by Gasteiger charge is 2.12. The van der Waals surface area contributed by atoms with Gasteiger partial charge in [-0.1, -0.05) is 17.7 Å². The summed E-state index contributed by atoms with van der Waals surface area (Å²) in [7, 11) is 4.62. The zero-order chi connectivity index (χ0) is 19.8. The lowest BCUT2D eigenvalue weighted by Gasteiger charge is -2.12. The van der Waals surface area contributed by atoms with Crippen molar-refractivity contribution in [2.75, 3.05) is 33.2 Å². The number of ether oxygens (including phenoxy) is 3. The Balaban J connectivity index is 1.97. The van der Waals surface area contributed by atoms with Gasteiger partial charge in [0, 0.05) is 11.3 Å². The first-order valence-electron chi connectivity index (χ1n) is 8.41.